The van der Waals surface area contributed by atoms with Crippen LogP contribution in [0.25, 0.3) is 0 Å². The van der Waals surface area contributed by atoms with E-state index in [9.17, 15) is 0 Å². The summed E-state index contributed by atoms with van der Waals surface area (Å²) in [6.07, 6.45) is 6.52. The summed E-state index contributed by atoms with van der Waals surface area (Å²) >= 11 is 0. The van der Waals surface area contributed by atoms with Crippen molar-refractivity contribution in [3.05, 3.63) is 0 Å². The minimum absolute atomic E-state index is 0.0904. The second-order valence-corrected chi connectivity index (χ2v) is 4.80. The zero-order chi connectivity index (χ0) is 9.86. The smallest absolute Gasteiger partial charge is 0.0660 e. The molecule has 0 amide bonds. The highest BCUT2D eigenvalue weighted by molar-refractivity contribution is 4.91. The van der Waals surface area contributed by atoms with Crippen LogP contribution in [-0.4, -0.2) is 31.8 Å². The Morgan fingerprint density at radius 2 is 2.29 bits per heavy atom. The van der Waals surface area contributed by atoms with Gasteiger partial charge in [-0.25, -0.2) is 0 Å². The fourth-order valence-corrected chi connectivity index (χ4v) is 2.17. The molecule has 0 aromatic carbocycles. The standard InChI is InChI=1S/C11H22N2O/c12-8-11(5-1-7-14-9-11)13-6-4-10-2-3-10/h10,13H,1-9,12H2. The summed E-state index contributed by atoms with van der Waals surface area (Å²) in [5, 5.41) is 3.61. The third-order valence-electron chi connectivity index (χ3n) is 3.46. The van der Waals surface area contributed by atoms with Crippen molar-refractivity contribution in [1.29, 1.82) is 0 Å². The van der Waals surface area contributed by atoms with Crippen LogP contribution >= 0.6 is 0 Å². The van der Waals surface area contributed by atoms with E-state index in [0.29, 0.717) is 6.54 Å². The predicted molar refractivity (Wildman–Crippen MR) is 57.2 cm³/mol. The second kappa shape index (κ2) is 4.60. The van der Waals surface area contributed by atoms with Crippen LogP contribution in [0, 0.1) is 5.92 Å². The first-order valence-corrected chi connectivity index (χ1v) is 5.87. The first kappa shape index (κ1) is 10.4. The number of nitrogens with one attached hydrogen (secondary N) is 1. The van der Waals surface area contributed by atoms with Crippen LogP contribution in [0.15, 0.2) is 0 Å². The van der Waals surface area contributed by atoms with Gasteiger partial charge in [0.1, 0.15) is 0 Å². The Balaban J connectivity index is 1.71. The Labute approximate surface area is 86.4 Å². The first-order valence-electron chi connectivity index (χ1n) is 5.87. The van der Waals surface area contributed by atoms with Gasteiger partial charge in [0.25, 0.3) is 0 Å². The van der Waals surface area contributed by atoms with E-state index in [1.807, 2.05) is 0 Å². The molecule has 3 nitrogen and oxygen atoms in total. The van der Waals surface area contributed by atoms with E-state index in [2.05, 4.69) is 5.32 Å². The van der Waals surface area contributed by atoms with Gasteiger partial charge in [0, 0.05) is 13.2 Å². The molecule has 0 aromatic rings. The van der Waals surface area contributed by atoms with Crippen molar-refractivity contribution in [1.82, 2.24) is 5.32 Å². The molecule has 2 fully saturated rings. The van der Waals surface area contributed by atoms with Gasteiger partial charge in [-0.05, 0) is 31.7 Å². The third kappa shape index (κ3) is 2.69. The van der Waals surface area contributed by atoms with Gasteiger partial charge >= 0.3 is 0 Å². The fourth-order valence-electron chi connectivity index (χ4n) is 2.17. The van der Waals surface area contributed by atoms with Gasteiger partial charge in [0.15, 0.2) is 0 Å². The summed E-state index contributed by atoms with van der Waals surface area (Å²) in [6.45, 7) is 3.53. The highest BCUT2D eigenvalue weighted by Gasteiger charge is 2.31. The first-order chi connectivity index (χ1) is 6.85. The van der Waals surface area contributed by atoms with Gasteiger partial charge in [-0.15, -0.1) is 0 Å². The van der Waals surface area contributed by atoms with Crippen LogP contribution in [0.3, 0.4) is 0 Å². The summed E-state index contributed by atoms with van der Waals surface area (Å²) in [5.41, 5.74) is 5.92. The third-order valence-corrected chi connectivity index (χ3v) is 3.46. The van der Waals surface area contributed by atoms with E-state index in [0.717, 1.165) is 32.1 Å². The van der Waals surface area contributed by atoms with Gasteiger partial charge in [-0.2, -0.15) is 0 Å². The molecule has 2 aliphatic rings. The van der Waals surface area contributed by atoms with Crippen molar-refractivity contribution < 1.29 is 4.74 Å². The molecule has 0 aromatic heterocycles. The molecule has 1 unspecified atom stereocenters. The lowest BCUT2D eigenvalue weighted by molar-refractivity contribution is 0.0240. The molecule has 1 saturated heterocycles. The molecular weight excluding hydrogens is 176 g/mol. The molecule has 3 N–H and O–H groups in total. The molecule has 1 heterocycles. The second-order valence-electron chi connectivity index (χ2n) is 4.80. The lowest BCUT2D eigenvalue weighted by atomic mass is 9.92. The molecule has 2 rings (SSSR count). The lowest BCUT2D eigenvalue weighted by Crippen LogP contribution is -2.56. The maximum Gasteiger partial charge on any atom is 0.0660 e. The predicted octanol–water partition coefficient (Wildman–Crippen LogP) is 0.884. The van der Waals surface area contributed by atoms with Crippen LogP contribution in [0.5, 0.6) is 0 Å². The van der Waals surface area contributed by atoms with Gasteiger partial charge < -0.3 is 15.8 Å². The van der Waals surface area contributed by atoms with Crippen molar-refractivity contribution in [2.24, 2.45) is 11.7 Å². The van der Waals surface area contributed by atoms with Crippen LogP contribution in [-0.2, 0) is 4.74 Å². The van der Waals surface area contributed by atoms with E-state index >= 15 is 0 Å². The number of nitrogens with two attached hydrogens (primary N) is 1. The molecule has 0 bridgehead atoms. The quantitative estimate of drug-likeness (QED) is 0.689. The van der Waals surface area contributed by atoms with E-state index in [-0.39, 0.29) is 5.54 Å². The summed E-state index contributed by atoms with van der Waals surface area (Å²) in [6, 6.07) is 0. The SMILES string of the molecule is NCC1(NCCC2CC2)CCCOC1. The van der Waals surface area contributed by atoms with E-state index < -0.39 is 0 Å². The molecule has 0 radical (unpaired) electrons. The van der Waals surface area contributed by atoms with Gasteiger partial charge in [-0.1, -0.05) is 12.8 Å². The normalized spacial score (nSPS) is 33.2. The zero-order valence-electron chi connectivity index (χ0n) is 8.93. The van der Waals surface area contributed by atoms with E-state index in [1.165, 1.54) is 25.7 Å². The van der Waals surface area contributed by atoms with Crippen molar-refractivity contribution >= 4 is 0 Å². The lowest BCUT2D eigenvalue weighted by Gasteiger charge is -2.37. The molecule has 82 valence electrons. The van der Waals surface area contributed by atoms with Gasteiger partial charge in [-0.3, -0.25) is 0 Å². The molecule has 0 spiro atoms. The van der Waals surface area contributed by atoms with Gasteiger partial charge in [0.2, 0.25) is 0 Å². The molecule has 14 heavy (non-hydrogen) atoms. The Morgan fingerprint density at radius 1 is 1.43 bits per heavy atom. The zero-order valence-corrected chi connectivity index (χ0v) is 8.93. The monoisotopic (exact) mass is 198 g/mol. The average molecular weight is 198 g/mol. The Kier molecular flexibility index (Phi) is 3.42. The maximum absolute atomic E-state index is 5.83. The minimum Gasteiger partial charge on any atom is -0.379 e. The summed E-state index contributed by atoms with van der Waals surface area (Å²) in [7, 11) is 0. The van der Waals surface area contributed by atoms with Crippen LogP contribution in [0.2, 0.25) is 0 Å². The average Bonchev–Trinajstić information content (AvgIpc) is 3.03. The molecule has 1 aliphatic heterocycles. The van der Waals surface area contributed by atoms with E-state index in [1.54, 1.807) is 0 Å². The minimum atomic E-state index is 0.0904. The molecule has 3 heteroatoms. The summed E-state index contributed by atoms with van der Waals surface area (Å²) in [4.78, 5) is 0. The van der Waals surface area contributed by atoms with Crippen molar-refractivity contribution in [3.8, 4) is 0 Å². The van der Waals surface area contributed by atoms with E-state index in [4.69, 9.17) is 10.5 Å². The molecule has 1 saturated carbocycles. The highest BCUT2D eigenvalue weighted by atomic mass is 16.5. The number of hydrogen-bond acceptors (Lipinski definition) is 3. The number of hydrogen-bond donors (Lipinski definition) is 2. The summed E-state index contributed by atoms with van der Waals surface area (Å²) in [5.74, 6) is 1.00. The maximum atomic E-state index is 5.83. The summed E-state index contributed by atoms with van der Waals surface area (Å²) < 4.78 is 5.51. The molecule has 1 atom stereocenters. The highest BCUT2D eigenvalue weighted by Crippen LogP contribution is 2.32. The Morgan fingerprint density at radius 3 is 2.86 bits per heavy atom. The van der Waals surface area contributed by atoms with Crippen LogP contribution in [0.1, 0.15) is 32.1 Å². The molecule has 1 aliphatic carbocycles. The van der Waals surface area contributed by atoms with Crippen molar-refractivity contribution in [2.75, 3.05) is 26.3 Å². The largest absolute Gasteiger partial charge is 0.379 e. The Hall–Kier alpha value is -0.120. The fraction of sp³-hybridized carbons (Fsp3) is 1.00. The number of ether oxygens (including phenoxy) is 1. The Bertz CT molecular complexity index is 174. The molecular formula is C11H22N2O. The topological polar surface area (TPSA) is 47.3 Å². The van der Waals surface area contributed by atoms with Crippen LogP contribution < -0.4 is 11.1 Å². The van der Waals surface area contributed by atoms with Gasteiger partial charge in [0.05, 0.1) is 12.1 Å². The van der Waals surface area contributed by atoms with Crippen LogP contribution in [0.4, 0.5) is 0 Å². The van der Waals surface area contributed by atoms with Crippen molar-refractivity contribution in [3.63, 3.8) is 0 Å². The number of rotatable bonds is 5. The van der Waals surface area contributed by atoms with Crippen molar-refractivity contribution in [2.45, 2.75) is 37.6 Å².